The molecule has 0 aromatic heterocycles. The van der Waals surface area contributed by atoms with E-state index in [1.807, 2.05) is 0 Å². The zero-order chi connectivity index (χ0) is 14.7. The maximum atomic E-state index is 12.2. The summed E-state index contributed by atoms with van der Waals surface area (Å²) < 4.78 is 0.505. The summed E-state index contributed by atoms with van der Waals surface area (Å²) in [6, 6.07) is 4.43. The number of aliphatic hydroxyl groups is 1. The summed E-state index contributed by atoms with van der Waals surface area (Å²) >= 11 is 3.24. The lowest BCUT2D eigenvalue weighted by Crippen LogP contribution is -2.39. The van der Waals surface area contributed by atoms with Gasteiger partial charge in [-0.05, 0) is 40.9 Å². The van der Waals surface area contributed by atoms with Crippen LogP contribution >= 0.6 is 15.9 Å². The van der Waals surface area contributed by atoms with E-state index in [4.69, 9.17) is 10.2 Å². The van der Waals surface area contributed by atoms with Gasteiger partial charge >= 0.3 is 12.0 Å². The van der Waals surface area contributed by atoms with Crippen LogP contribution in [0.3, 0.4) is 0 Å². The lowest BCUT2D eigenvalue weighted by atomic mass is 10.2. The van der Waals surface area contributed by atoms with Crippen LogP contribution in [0, 0.1) is 0 Å². The van der Waals surface area contributed by atoms with Crippen molar-refractivity contribution in [3.8, 4) is 0 Å². The smallest absolute Gasteiger partial charge is 0.337 e. The van der Waals surface area contributed by atoms with E-state index in [0.29, 0.717) is 4.47 Å². The molecule has 1 aliphatic carbocycles. The van der Waals surface area contributed by atoms with Crippen LogP contribution in [-0.4, -0.2) is 46.3 Å². The van der Waals surface area contributed by atoms with E-state index in [-0.39, 0.29) is 30.4 Å². The van der Waals surface area contributed by atoms with Crippen LogP contribution in [0.4, 0.5) is 10.5 Å². The molecule has 6 nitrogen and oxygen atoms in total. The highest BCUT2D eigenvalue weighted by Gasteiger charge is 2.32. The number of benzene rings is 1. The number of nitrogens with one attached hydrogen (secondary N) is 1. The van der Waals surface area contributed by atoms with Gasteiger partial charge in [-0.15, -0.1) is 0 Å². The molecule has 1 aliphatic rings. The first-order valence-corrected chi connectivity index (χ1v) is 7.04. The monoisotopic (exact) mass is 342 g/mol. The van der Waals surface area contributed by atoms with Crippen molar-refractivity contribution < 1.29 is 19.8 Å². The minimum atomic E-state index is -1.11. The Bertz CT molecular complexity index is 531. The van der Waals surface area contributed by atoms with Crippen molar-refractivity contribution in [3.05, 3.63) is 28.2 Å². The van der Waals surface area contributed by atoms with E-state index < -0.39 is 12.0 Å². The average Bonchev–Trinajstić information content (AvgIpc) is 3.22. The van der Waals surface area contributed by atoms with Gasteiger partial charge in [0.25, 0.3) is 0 Å². The Morgan fingerprint density at radius 2 is 2.10 bits per heavy atom. The maximum absolute atomic E-state index is 12.2. The first-order chi connectivity index (χ1) is 9.54. The predicted octanol–water partition coefficient (Wildman–Crippen LogP) is 2.14. The number of carboxylic acids is 1. The number of hydrogen-bond donors (Lipinski definition) is 3. The quantitative estimate of drug-likeness (QED) is 0.764. The Kier molecular flexibility index (Phi) is 4.61. The second-order valence-electron chi connectivity index (χ2n) is 4.55. The zero-order valence-corrected chi connectivity index (χ0v) is 12.3. The third-order valence-electron chi connectivity index (χ3n) is 3.07. The highest BCUT2D eigenvalue weighted by Crippen LogP contribution is 2.30. The summed E-state index contributed by atoms with van der Waals surface area (Å²) in [6.07, 6.45) is 1.82. The molecule has 0 radical (unpaired) electrons. The van der Waals surface area contributed by atoms with Crippen LogP contribution in [-0.2, 0) is 0 Å². The maximum Gasteiger partial charge on any atom is 0.337 e. The number of carbonyl (C=O) groups is 2. The number of anilines is 1. The van der Waals surface area contributed by atoms with E-state index >= 15 is 0 Å². The van der Waals surface area contributed by atoms with Crippen molar-refractivity contribution in [3.63, 3.8) is 0 Å². The molecule has 7 heteroatoms. The molecule has 1 saturated carbocycles. The Morgan fingerprint density at radius 3 is 2.65 bits per heavy atom. The fourth-order valence-electron chi connectivity index (χ4n) is 1.95. The first-order valence-electron chi connectivity index (χ1n) is 6.25. The fraction of sp³-hybridized carbons (Fsp3) is 0.385. The number of rotatable bonds is 5. The number of carboxylic acid groups (broad SMARTS) is 1. The molecule has 1 aromatic carbocycles. The van der Waals surface area contributed by atoms with Gasteiger partial charge in [-0.1, -0.05) is 6.07 Å². The third-order valence-corrected chi connectivity index (χ3v) is 3.73. The molecule has 108 valence electrons. The van der Waals surface area contributed by atoms with E-state index in [0.717, 1.165) is 12.8 Å². The normalized spacial score (nSPS) is 13.9. The van der Waals surface area contributed by atoms with Gasteiger partial charge in [-0.3, -0.25) is 0 Å². The number of amides is 2. The van der Waals surface area contributed by atoms with Crippen molar-refractivity contribution in [2.75, 3.05) is 18.5 Å². The first kappa shape index (κ1) is 14.8. The van der Waals surface area contributed by atoms with Crippen LogP contribution in [0.5, 0.6) is 0 Å². The predicted molar refractivity (Wildman–Crippen MR) is 76.9 cm³/mol. The lowest BCUT2D eigenvalue weighted by Gasteiger charge is -2.22. The number of para-hydroxylation sites is 1. The Morgan fingerprint density at radius 1 is 1.40 bits per heavy atom. The second-order valence-corrected chi connectivity index (χ2v) is 5.40. The largest absolute Gasteiger partial charge is 0.478 e. The van der Waals surface area contributed by atoms with Gasteiger partial charge in [-0.25, -0.2) is 9.59 Å². The minimum absolute atomic E-state index is 0.0208. The summed E-state index contributed by atoms with van der Waals surface area (Å²) in [5.74, 6) is -1.11. The van der Waals surface area contributed by atoms with Gasteiger partial charge in [0.2, 0.25) is 0 Å². The van der Waals surface area contributed by atoms with Crippen molar-refractivity contribution in [2.45, 2.75) is 18.9 Å². The zero-order valence-electron chi connectivity index (χ0n) is 10.7. The van der Waals surface area contributed by atoms with Crippen molar-refractivity contribution >= 4 is 33.6 Å². The molecule has 1 aromatic rings. The van der Waals surface area contributed by atoms with E-state index in [2.05, 4.69) is 21.2 Å². The summed E-state index contributed by atoms with van der Waals surface area (Å²) in [7, 11) is 0. The highest BCUT2D eigenvalue weighted by molar-refractivity contribution is 9.10. The standard InChI is InChI=1S/C13H15BrN2O4/c14-10-3-1-2-9(12(18)19)11(10)15-13(20)16(6-7-17)8-4-5-8/h1-3,8,17H,4-7H2,(H,15,20)(H,18,19). The molecular weight excluding hydrogens is 328 g/mol. The Labute approximate surface area is 124 Å². The van der Waals surface area contributed by atoms with Gasteiger partial charge in [0.1, 0.15) is 0 Å². The molecule has 3 N–H and O–H groups in total. The average molecular weight is 343 g/mol. The van der Waals surface area contributed by atoms with Gasteiger partial charge in [0, 0.05) is 17.1 Å². The van der Waals surface area contributed by atoms with Crippen LogP contribution in [0.2, 0.25) is 0 Å². The minimum Gasteiger partial charge on any atom is -0.478 e. The molecule has 2 rings (SSSR count). The molecule has 20 heavy (non-hydrogen) atoms. The molecule has 0 unspecified atom stereocenters. The Hall–Kier alpha value is -1.60. The molecule has 0 bridgehead atoms. The Balaban J connectivity index is 2.20. The topological polar surface area (TPSA) is 89.9 Å². The van der Waals surface area contributed by atoms with Crippen molar-refractivity contribution in [1.82, 2.24) is 4.90 Å². The summed E-state index contributed by atoms with van der Waals surface area (Å²) in [6.45, 7) is 0.120. The van der Waals surface area contributed by atoms with Crippen molar-refractivity contribution in [1.29, 1.82) is 0 Å². The molecular formula is C13H15BrN2O4. The molecule has 0 atom stereocenters. The van der Waals surface area contributed by atoms with Gasteiger partial charge in [0.15, 0.2) is 0 Å². The molecule has 0 aliphatic heterocycles. The number of nitrogens with zero attached hydrogens (tertiary/aromatic N) is 1. The van der Waals surface area contributed by atoms with E-state index in [9.17, 15) is 9.59 Å². The van der Waals surface area contributed by atoms with E-state index in [1.165, 1.54) is 11.0 Å². The van der Waals surface area contributed by atoms with Crippen molar-refractivity contribution in [2.24, 2.45) is 0 Å². The van der Waals surface area contributed by atoms with Gasteiger partial charge in [0.05, 0.1) is 17.9 Å². The number of carbonyl (C=O) groups excluding carboxylic acids is 1. The van der Waals surface area contributed by atoms with Crippen LogP contribution in [0.25, 0.3) is 0 Å². The van der Waals surface area contributed by atoms with Crippen LogP contribution in [0.15, 0.2) is 22.7 Å². The fourth-order valence-corrected chi connectivity index (χ4v) is 2.42. The summed E-state index contributed by atoms with van der Waals surface area (Å²) in [5, 5.41) is 20.8. The lowest BCUT2D eigenvalue weighted by molar-refractivity contribution is 0.0698. The van der Waals surface area contributed by atoms with Gasteiger partial charge < -0.3 is 20.4 Å². The number of aliphatic hydroxyl groups excluding tert-OH is 1. The summed E-state index contributed by atoms with van der Waals surface area (Å²) in [4.78, 5) is 24.9. The highest BCUT2D eigenvalue weighted by atomic mass is 79.9. The SMILES string of the molecule is O=C(O)c1cccc(Br)c1NC(=O)N(CCO)C1CC1. The molecule has 0 heterocycles. The molecule has 0 spiro atoms. The van der Waals surface area contributed by atoms with E-state index in [1.54, 1.807) is 12.1 Å². The number of halogens is 1. The third kappa shape index (κ3) is 3.29. The van der Waals surface area contributed by atoms with Crippen LogP contribution in [0.1, 0.15) is 23.2 Å². The molecule has 2 amide bonds. The number of urea groups is 1. The summed E-state index contributed by atoms with van der Waals surface area (Å²) in [5.41, 5.74) is 0.251. The second kappa shape index (κ2) is 6.23. The number of aromatic carboxylic acids is 1. The van der Waals surface area contributed by atoms with Gasteiger partial charge in [-0.2, -0.15) is 0 Å². The number of hydrogen-bond acceptors (Lipinski definition) is 3. The molecule has 1 fully saturated rings. The molecule has 0 saturated heterocycles. The van der Waals surface area contributed by atoms with Crippen LogP contribution < -0.4 is 5.32 Å².